The summed E-state index contributed by atoms with van der Waals surface area (Å²) in [6.07, 6.45) is 6.68. The van der Waals surface area contributed by atoms with Crippen LogP contribution in [0.15, 0.2) is 0 Å². The van der Waals surface area contributed by atoms with Crippen LogP contribution in [0, 0.1) is 5.92 Å². The maximum atomic E-state index is 12.5. The van der Waals surface area contributed by atoms with E-state index in [-0.39, 0.29) is 23.9 Å². The van der Waals surface area contributed by atoms with Gasteiger partial charge in [0.15, 0.2) is 0 Å². The Hall–Kier alpha value is -1.10. The van der Waals surface area contributed by atoms with Crippen LogP contribution < -0.4 is 5.32 Å². The van der Waals surface area contributed by atoms with Gasteiger partial charge in [-0.3, -0.25) is 9.59 Å². The molecule has 3 aliphatic rings. The molecule has 20 heavy (non-hydrogen) atoms. The number of hydrogen-bond acceptors (Lipinski definition) is 3. The first-order chi connectivity index (χ1) is 9.66. The van der Waals surface area contributed by atoms with Crippen LogP contribution >= 0.6 is 0 Å². The van der Waals surface area contributed by atoms with Crippen molar-refractivity contribution in [2.75, 3.05) is 13.2 Å². The van der Waals surface area contributed by atoms with Crippen molar-refractivity contribution in [1.29, 1.82) is 0 Å². The third kappa shape index (κ3) is 2.82. The molecule has 5 heteroatoms. The molecule has 1 N–H and O–H groups in total. The van der Waals surface area contributed by atoms with E-state index in [4.69, 9.17) is 4.74 Å². The summed E-state index contributed by atoms with van der Waals surface area (Å²) in [6, 6.07) is -0.594. The van der Waals surface area contributed by atoms with E-state index in [1.807, 2.05) is 6.92 Å². The molecule has 1 aliphatic carbocycles. The third-order valence-corrected chi connectivity index (χ3v) is 4.74. The molecule has 2 aliphatic heterocycles. The van der Waals surface area contributed by atoms with Crippen LogP contribution in [0.1, 0.15) is 45.4 Å². The number of amides is 2. The first-order valence-electron chi connectivity index (χ1n) is 7.89. The molecule has 0 aromatic heterocycles. The average molecular weight is 280 g/mol. The average Bonchev–Trinajstić information content (AvgIpc) is 3.14. The quantitative estimate of drug-likeness (QED) is 0.819. The second-order valence-electron chi connectivity index (χ2n) is 6.31. The van der Waals surface area contributed by atoms with Crippen LogP contribution in [0.3, 0.4) is 0 Å². The fraction of sp³-hybridized carbons (Fsp3) is 0.867. The third-order valence-electron chi connectivity index (χ3n) is 4.74. The molecule has 0 aromatic carbocycles. The van der Waals surface area contributed by atoms with E-state index >= 15 is 0 Å². The van der Waals surface area contributed by atoms with Gasteiger partial charge in [-0.15, -0.1) is 0 Å². The number of ether oxygens (including phenoxy) is 1. The van der Waals surface area contributed by atoms with Crippen molar-refractivity contribution in [3.63, 3.8) is 0 Å². The largest absolute Gasteiger partial charge is 0.378 e. The molecule has 1 saturated carbocycles. The minimum Gasteiger partial charge on any atom is -0.378 e. The van der Waals surface area contributed by atoms with Crippen molar-refractivity contribution in [2.45, 2.75) is 63.6 Å². The fourth-order valence-corrected chi connectivity index (χ4v) is 3.26. The molecule has 112 valence electrons. The predicted molar refractivity (Wildman–Crippen MR) is 74.0 cm³/mol. The van der Waals surface area contributed by atoms with Gasteiger partial charge < -0.3 is 15.0 Å². The lowest BCUT2D eigenvalue weighted by atomic mass is 10.0. The number of nitrogens with zero attached hydrogens (tertiary/aromatic N) is 1. The Kier molecular flexibility index (Phi) is 3.96. The zero-order chi connectivity index (χ0) is 14.1. The van der Waals surface area contributed by atoms with E-state index in [9.17, 15) is 9.59 Å². The zero-order valence-corrected chi connectivity index (χ0v) is 12.1. The summed E-state index contributed by atoms with van der Waals surface area (Å²) in [6.45, 7) is 3.37. The Balaban J connectivity index is 1.54. The molecule has 0 spiro atoms. The highest BCUT2D eigenvalue weighted by Gasteiger charge is 2.45. The molecule has 0 bridgehead atoms. The van der Waals surface area contributed by atoms with Crippen molar-refractivity contribution < 1.29 is 14.3 Å². The van der Waals surface area contributed by atoms with Crippen LogP contribution in [0.2, 0.25) is 0 Å². The van der Waals surface area contributed by atoms with Gasteiger partial charge in [-0.1, -0.05) is 0 Å². The minimum absolute atomic E-state index is 0.00128. The van der Waals surface area contributed by atoms with E-state index in [1.165, 1.54) is 0 Å². The maximum absolute atomic E-state index is 12.5. The molecule has 3 atom stereocenters. The van der Waals surface area contributed by atoms with Gasteiger partial charge >= 0.3 is 0 Å². The number of carbonyl (C=O) groups excluding carboxylic acids is 2. The minimum atomic E-state index is -0.331. The van der Waals surface area contributed by atoms with Crippen LogP contribution in [0.25, 0.3) is 0 Å². The summed E-state index contributed by atoms with van der Waals surface area (Å²) < 4.78 is 5.60. The summed E-state index contributed by atoms with van der Waals surface area (Å²) in [4.78, 5) is 26.2. The van der Waals surface area contributed by atoms with E-state index in [0.29, 0.717) is 18.6 Å². The first-order valence-corrected chi connectivity index (χ1v) is 7.89. The van der Waals surface area contributed by atoms with Crippen LogP contribution in [0.5, 0.6) is 0 Å². The summed E-state index contributed by atoms with van der Waals surface area (Å²) >= 11 is 0. The topological polar surface area (TPSA) is 58.6 Å². The van der Waals surface area contributed by atoms with Crippen molar-refractivity contribution in [1.82, 2.24) is 10.2 Å². The second-order valence-corrected chi connectivity index (χ2v) is 6.31. The Bertz CT molecular complexity index is 389. The number of nitrogens with one attached hydrogen (secondary N) is 1. The van der Waals surface area contributed by atoms with Gasteiger partial charge in [0.05, 0.1) is 6.10 Å². The van der Waals surface area contributed by atoms with Gasteiger partial charge in [-0.05, 0) is 51.4 Å². The molecule has 5 nitrogen and oxygen atoms in total. The SMILES string of the molecule is CC1C(=O)NC(C2CC2)C(=O)N1CCCC1CCCO1. The number of carbonyl (C=O) groups is 2. The maximum Gasteiger partial charge on any atom is 0.246 e. The first kappa shape index (κ1) is 13.9. The smallest absolute Gasteiger partial charge is 0.246 e. The van der Waals surface area contributed by atoms with E-state index < -0.39 is 0 Å². The predicted octanol–water partition coefficient (Wildman–Crippen LogP) is 1.07. The highest BCUT2D eigenvalue weighted by molar-refractivity contribution is 5.97. The van der Waals surface area contributed by atoms with Gasteiger partial charge in [0.1, 0.15) is 12.1 Å². The lowest BCUT2D eigenvalue weighted by molar-refractivity contribution is -0.149. The van der Waals surface area contributed by atoms with Crippen molar-refractivity contribution in [2.24, 2.45) is 5.92 Å². The monoisotopic (exact) mass is 280 g/mol. The van der Waals surface area contributed by atoms with Crippen LogP contribution in [-0.2, 0) is 14.3 Å². The van der Waals surface area contributed by atoms with Gasteiger partial charge in [0, 0.05) is 13.2 Å². The molecule has 2 saturated heterocycles. The summed E-state index contributed by atoms with van der Waals surface area (Å²) in [7, 11) is 0. The van der Waals surface area contributed by atoms with E-state index in [0.717, 1.165) is 45.1 Å². The Morgan fingerprint density at radius 2 is 2.10 bits per heavy atom. The van der Waals surface area contributed by atoms with Crippen molar-refractivity contribution in [3.05, 3.63) is 0 Å². The fourth-order valence-electron chi connectivity index (χ4n) is 3.26. The molecule has 0 aromatic rings. The molecular weight excluding hydrogens is 256 g/mol. The summed E-state index contributed by atoms with van der Waals surface area (Å²) in [5, 5.41) is 2.88. The lowest BCUT2D eigenvalue weighted by Crippen LogP contribution is -2.63. The molecule has 3 fully saturated rings. The normalized spacial score (nSPS) is 34.5. The Morgan fingerprint density at radius 3 is 2.75 bits per heavy atom. The Labute approximate surface area is 120 Å². The van der Waals surface area contributed by atoms with Gasteiger partial charge in [-0.2, -0.15) is 0 Å². The Morgan fingerprint density at radius 1 is 1.30 bits per heavy atom. The molecule has 3 rings (SSSR count). The standard InChI is InChI=1S/C15H24N2O3/c1-10-14(18)16-13(11-6-7-11)15(19)17(10)8-2-4-12-5-3-9-20-12/h10-13H,2-9H2,1H3,(H,16,18). The van der Waals surface area contributed by atoms with E-state index in [1.54, 1.807) is 4.90 Å². The molecule has 0 radical (unpaired) electrons. The van der Waals surface area contributed by atoms with Crippen molar-refractivity contribution >= 4 is 11.8 Å². The van der Waals surface area contributed by atoms with E-state index in [2.05, 4.69) is 5.32 Å². The second kappa shape index (κ2) is 5.72. The van der Waals surface area contributed by atoms with Crippen LogP contribution in [0.4, 0.5) is 0 Å². The highest BCUT2D eigenvalue weighted by atomic mass is 16.5. The van der Waals surface area contributed by atoms with Gasteiger partial charge in [-0.25, -0.2) is 0 Å². The number of piperazine rings is 1. The number of rotatable bonds is 5. The van der Waals surface area contributed by atoms with Crippen LogP contribution in [-0.4, -0.2) is 48.1 Å². The van der Waals surface area contributed by atoms with Gasteiger partial charge in [0.2, 0.25) is 11.8 Å². The molecular formula is C15H24N2O3. The number of hydrogen-bond donors (Lipinski definition) is 1. The van der Waals surface area contributed by atoms with Crippen molar-refractivity contribution in [3.8, 4) is 0 Å². The summed E-state index contributed by atoms with van der Waals surface area (Å²) in [5.41, 5.74) is 0. The van der Waals surface area contributed by atoms with Gasteiger partial charge in [0.25, 0.3) is 0 Å². The molecule has 3 unspecified atom stereocenters. The lowest BCUT2D eigenvalue weighted by Gasteiger charge is -2.37. The summed E-state index contributed by atoms with van der Waals surface area (Å²) in [5.74, 6) is 0.491. The molecule has 2 amide bonds. The zero-order valence-electron chi connectivity index (χ0n) is 12.1. The molecule has 2 heterocycles. The highest BCUT2D eigenvalue weighted by Crippen LogP contribution is 2.35.